The molecule has 1 heterocycles. The average Bonchev–Trinajstić information content (AvgIpc) is 3.11. The summed E-state index contributed by atoms with van der Waals surface area (Å²) in [4.78, 5) is 22.6. The molecule has 0 fully saturated rings. The number of carbonyl (C=O) groups is 1. The lowest BCUT2D eigenvalue weighted by Crippen LogP contribution is -2.21. The monoisotopic (exact) mass is 428 g/mol. The first-order valence-corrected chi connectivity index (χ1v) is 9.70. The summed E-state index contributed by atoms with van der Waals surface area (Å²) in [6.45, 7) is 1.70. The van der Waals surface area contributed by atoms with Gasteiger partial charge in [0.25, 0.3) is 11.6 Å². The number of hydrogen-bond donors (Lipinski definition) is 1. The van der Waals surface area contributed by atoms with Crippen LogP contribution in [0.15, 0.2) is 58.8 Å². The molecule has 11 heteroatoms. The number of rotatable bonds is 7. The molecule has 154 valence electrons. The second kappa shape index (κ2) is 9.27. The van der Waals surface area contributed by atoms with Crippen LogP contribution in [0.1, 0.15) is 12.5 Å². The van der Waals surface area contributed by atoms with E-state index in [4.69, 9.17) is 0 Å². The number of benzene rings is 2. The number of thioether (sulfide) groups is 1. The molecule has 0 aliphatic heterocycles. The molecule has 1 N–H and O–H groups in total. The second-order valence-corrected chi connectivity index (χ2v) is 7.14. The number of halogens is 1. The lowest BCUT2D eigenvalue weighted by molar-refractivity contribution is -0.384. The van der Waals surface area contributed by atoms with Gasteiger partial charge in [-0.15, -0.1) is 10.2 Å². The SMILES string of the molecule is C/C(=N\NC(=O)CSc1nnc(-c2cccc([N+](=O)[O-])c2)n1C)c1ccc(F)cc1. The highest BCUT2D eigenvalue weighted by atomic mass is 32.2. The fourth-order valence-corrected chi connectivity index (χ4v) is 3.22. The van der Waals surface area contributed by atoms with Gasteiger partial charge in [-0.2, -0.15) is 5.10 Å². The van der Waals surface area contributed by atoms with Crippen molar-refractivity contribution in [2.24, 2.45) is 12.1 Å². The van der Waals surface area contributed by atoms with E-state index in [1.807, 2.05) is 0 Å². The number of amides is 1. The molecule has 0 saturated heterocycles. The summed E-state index contributed by atoms with van der Waals surface area (Å²) in [6, 6.07) is 11.9. The molecule has 0 aliphatic rings. The minimum atomic E-state index is -0.478. The van der Waals surface area contributed by atoms with E-state index >= 15 is 0 Å². The number of nitro groups is 1. The molecular formula is C19H17FN6O3S. The Morgan fingerprint density at radius 3 is 2.70 bits per heavy atom. The van der Waals surface area contributed by atoms with Crippen molar-refractivity contribution in [3.05, 3.63) is 70.0 Å². The molecule has 0 aliphatic carbocycles. The van der Waals surface area contributed by atoms with E-state index in [-0.39, 0.29) is 23.2 Å². The molecule has 0 bridgehead atoms. The van der Waals surface area contributed by atoms with Crippen molar-refractivity contribution in [3.63, 3.8) is 0 Å². The second-order valence-electron chi connectivity index (χ2n) is 6.20. The quantitative estimate of drug-likeness (QED) is 0.267. The van der Waals surface area contributed by atoms with Crippen LogP contribution >= 0.6 is 11.8 Å². The maximum absolute atomic E-state index is 13.0. The van der Waals surface area contributed by atoms with Gasteiger partial charge in [-0.05, 0) is 24.6 Å². The van der Waals surface area contributed by atoms with E-state index in [9.17, 15) is 19.3 Å². The minimum Gasteiger partial charge on any atom is -0.305 e. The Morgan fingerprint density at radius 2 is 2.00 bits per heavy atom. The minimum absolute atomic E-state index is 0.0428. The van der Waals surface area contributed by atoms with Gasteiger partial charge in [0.2, 0.25) is 0 Å². The van der Waals surface area contributed by atoms with Gasteiger partial charge in [-0.25, -0.2) is 9.82 Å². The zero-order valence-electron chi connectivity index (χ0n) is 16.1. The maximum Gasteiger partial charge on any atom is 0.270 e. The molecule has 2 aromatic carbocycles. The molecule has 0 spiro atoms. The molecular weight excluding hydrogens is 411 g/mol. The van der Waals surface area contributed by atoms with Crippen molar-refractivity contribution < 1.29 is 14.1 Å². The van der Waals surface area contributed by atoms with Crippen molar-refractivity contribution in [3.8, 4) is 11.4 Å². The van der Waals surface area contributed by atoms with Gasteiger partial charge < -0.3 is 4.57 Å². The smallest absolute Gasteiger partial charge is 0.270 e. The molecule has 0 saturated carbocycles. The molecule has 9 nitrogen and oxygen atoms in total. The lowest BCUT2D eigenvalue weighted by Gasteiger charge is -2.04. The third-order valence-electron chi connectivity index (χ3n) is 4.09. The topological polar surface area (TPSA) is 115 Å². The summed E-state index contributed by atoms with van der Waals surface area (Å²) in [5.74, 6) is -0.200. The summed E-state index contributed by atoms with van der Waals surface area (Å²) in [5.41, 5.74) is 4.19. The Kier molecular flexibility index (Phi) is 6.52. The first-order chi connectivity index (χ1) is 14.3. The first kappa shape index (κ1) is 21.1. The van der Waals surface area contributed by atoms with Crippen molar-refractivity contribution in [2.45, 2.75) is 12.1 Å². The van der Waals surface area contributed by atoms with E-state index in [1.54, 1.807) is 42.8 Å². The Bertz CT molecular complexity index is 1110. The van der Waals surface area contributed by atoms with Gasteiger partial charge in [-0.1, -0.05) is 36.0 Å². The number of hydrogen-bond acceptors (Lipinski definition) is 7. The van der Waals surface area contributed by atoms with Gasteiger partial charge in [0.1, 0.15) is 5.82 Å². The van der Waals surface area contributed by atoms with E-state index in [1.165, 1.54) is 24.3 Å². The first-order valence-electron chi connectivity index (χ1n) is 8.71. The van der Waals surface area contributed by atoms with E-state index in [0.29, 0.717) is 27.8 Å². The molecule has 3 rings (SSSR count). The molecule has 0 radical (unpaired) electrons. The molecule has 0 atom stereocenters. The Hall–Kier alpha value is -3.60. The van der Waals surface area contributed by atoms with Crippen LogP contribution in [-0.4, -0.2) is 37.1 Å². The third-order valence-corrected chi connectivity index (χ3v) is 5.11. The number of carbonyl (C=O) groups excluding carboxylic acids is 1. The average molecular weight is 428 g/mol. The maximum atomic E-state index is 13.0. The number of nitro benzene ring substituents is 1. The van der Waals surface area contributed by atoms with Gasteiger partial charge in [-0.3, -0.25) is 14.9 Å². The van der Waals surface area contributed by atoms with Crippen LogP contribution in [0.2, 0.25) is 0 Å². The summed E-state index contributed by atoms with van der Waals surface area (Å²) in [7, 11) is 1.71. The van der Waals surface area contributed by atoms with Crippen molar-refractivity contribution in [1.82, 2.24) is 20.2 Å². The highest BCUT2D eigenvalue weighted by Crippen LogP contribution is 2.25. The van der Waals surface area contributed by atoms with Crippen LogP contribution in [-0.2, 0) is 11.8 Å². The number of nitrogens with zero attached hydrogens (tertiary/aromatic N) is 5. The Balaban J connectivity index is 1.62. The Labute approximate surface area is 175 Å². The summed E-state index contributed by atoms with van der Waals surface area (Å²) >= 11 is 1.16. The molecule has 1 aromatic heterocycles. The number of hydrazone groups is 1. The Morgan fingerprint density at radius 1 is 1.27 bits per heavy atom. The molecule has 3 aromatic rings. The van der Waals surface area contributed by atoms with Crippen LogP contribution < -0.4 is 5.43 Å². The van der Waals surface area contributed by atoms with Gasteiger partial charge >= 0.3 is 0 Å². The predicted molar refractivity (Wildman–Crippen MR) is 111 cm³/mol. The standard InChI is InChI=1S/C19H17FN6O3S/c1-12(13-6-8-15(20)9-7-13)21-22-17(27)11-30-19-24-23-18(25(19)2)14-4-3-5-16(10-14)26(28)29/h3-10H,11H2,1-2H3,(H,22,27)/b21-12+. The van der Waals surface area contributed by atoms with E-state index in [2.05, 4.69) is 20.7 Å². The van der Waals surface area contributed by atoms with Crippen LogP contribution in [0.4, 0.5) is 10.1 Å². The van der Waals surface area contributed by atoms with E-state index in [0.717, 1.165) is 11.8 Å². The largest absolute Gasteiger partial charge is 0.305 e. The van der Waals surface area contributed by atoms with Gasteiger partial charge in [0, 0.05) is 24.7 Å². The van der Waals surface area contributed by atoms with Crippen molar-refractivity contribution in [2.75, 3.05) is 5.75 Å². The molecule has 1 amide bonds. The lowest BCUT2D eigenvalue weighted by atomic mass is 10.1. The van der Waals surface area contributed by atoms with Crippen LogP contribution in [0.5, 0.6) is 0 Å². The number of aromatic nitrogens is 3. The zero-order chi connectivity index (χ0) is 21.7. The van der Waals surface area contributed by atoms with Gasteiger partial charge in [0.05, 0.1) is 16.4 Å². The highest BCUT2D eigenvalue weighted by molar-refractivity contribution is 7.99. The molecule has 0 unspecified atom stereocenters. The third kappa shape index (κ3) is 5.06. The van der Waals surface area contributed by atoms with Crippen molar-refractivity contribution >= 4 is 29.1 Å². The van der Waals surface area contributed by atoms with Crippen LogP contribution in [0.25, 0.3) is 11.4 Å². The molecule has 30 heavy (non-hydrogen) atoms. The number of nitrogens with one attached hydrogen (secondary N) is 1. The normalized spacial score (nSPS) is 11.4. The highest BCUT2D eigenvalue weighted by Gasteiger charge is 2.15. The predicted octanol–water partition coefficient (Wildman–Crippen LogP) is 3.16. The fraction of sp³-hybridized carbons (Fsp3) is 0.158. The zero-order valence-corrected chi connectivity index (χ0v) is 16.9. The summed E-state index contributed by atoms with van der Waals surface area (Å²) in [5, 5.41) is 23.6. The van der Waals surface area contributed by atoms with Gasteiger partial charge in [0.15, 0.2) is 11.0 Å². The van der Waals surface area contributed by atoms with Crippen molar-refractivity contribution in [1.29, 1.82) is 0 Å². The summed E-state index contributed by atoms with van der Waals surface area (Å²) in [6.07, 6.45) is 0. The van der Waals surface area contributed by atoms with E-state index < -0.39 is 4.92 Å². The van der Waals surface area contributed by atoms with Crippen LogP contribution in [0.3, 0.4) is 0 Å². The number of non-ortho nitro benzene ring substituents is 1. The summed E-state index contributed by atoms with van der Waals surface area (Å²) < 4.78 is 14.6. The van der Waals surface area contributed by atoms with Crippen LogP contribution in [0, 0.1) is 15.9 Å². The fourth-order valence-electron chi connectivity index (χ4n) is 2.51.